The molecule has 1 amide bonds. The van der Waals surface area contributed by atoms with Gasteiger partial charge in [0.05, 0.1) is 0 Å². The molecule has 0 aromatic heterocycles. The number of rotatable bonds is 1. The van der Waals surface area contributed by atoms with E-state index < -0.39 is 0 Å². The van der Waals surface area contributed by atoms with Crippen molar-refractivity contribution in [1.29, 1.82) is 0 Å². The maximum Gasteiger partial charge on any atom is 0.220 e. The molecule has 1 rings (SSSR count). The van der Waals surface area contributed by atoms with Crippen molar-refractivity contribution in [1.82, 2.24) is 0 Å². The van der Waals surface area contributed by atoms with Crippen LogP contribution in [-0.4, -0.2) is 5.91 Å². The molecule has 1 aliphatic carbocycles. The topological polar surface area (TPSA) is 43.1 Å². The number of amides is 1. The van der Waals surface area contributed by atoms with Crippen molar-refractivity contribution in [2.24, 2.45) is 11.7 Å². The second-order valence-corrected chi connectivity index (χ2v) is 3.44. The first-order valence-electron chi connectivity index (χ1n) is 6.01. The zero-order valence-corrected chi connectivity index (χ0v) is 10.3. The Morgan fingerprint density at radius 2 is 1.50 bits per heavy atom. The molecule has 1 aliphatic rings. The van der Waals surface area contributed by atoms with E-state index >= 15 is 0 Å². The predicted octanol–water partition coefficient (Wildman–Crippen LogP) is 3.49. The van der Waals surface area contributed by atoms with E-state index in [9.17, 15) is 4.79 Å². The molecule has 0 heterocycles. The zero-order valence-electron chi connectivity index (χ0n) is 10.3. The minimum atomic E-state index is -0.102. The molecule has 2 nitrogen and oxygen atoms in total. The maximum atomic E-state index is 10.6. The summed E-state index contributed by atoms with van der Waals surface area (Å²) in [6.07, 6.45) is 6.95. The highest BCUT2D eigenvalue weighted by Crippen LogP contribution is 2.22. The third-order valence-electron chi connectivity index (χ3n) is 2.01. The third-order valence-corrected chi connectivity index (χ3v) is 2.01. The van der Waals surface area contributed by atoms with E-state index in [1.165, 1.54) is 25.7 Å². The van der Waals surface area contributed by atoms with Crippen molar-refractivity contribution in [3.63, 3.8) is 0 Å². The smallest absolute Gasteiger partial charge is 0.220 e. The van der Waals surface area contributed by atoms with Crippen molar-refractivity contribution in [3.8, 4) is 0 Å². The van der Waals surface area contributed by atoms with Crippen LogP contribution >= 0.6 is 0 Å². The minimum absolute atomic E-state index is 0.102. The Kier molecular flexibility index (Phi) is 14.2. The number of carbonyl (C=O) groups is 1. The zero-order chi connectivity index (χ0) is 11.4. The van der Waals surface area contributed by atoms with Gasteiger partial charge in [-0.1, -0.05) is 53.4 Å². The number of hydrogen-bond acceptors (Lipinski definition) is 1. The molecule has 0 unspecified atom stereocenters. The van der Waals surface area contributed by atoms with Crippen LogP contribution < -0.4 is 5.73 Å². The molecule has 0 radical (unpaired) electrons. The molecular formula is C12H27NO. The summed E-state index contributed by atoms with van der Waals surface area (Å²) in [5.41, 5.74) is 5.13. The predicted molar refractivity (Wildman–Crippen MR) is 63.1 cm³/mol. The van der Waals surface area contributed by atoms with Gasteiger partial charge in [-0.05, 0) is 12.8 Å². The highest BCUT2D eigenvalue weighted by molar-refractivity contribution is 5.76. The Labute approximate surface area is 89.3 Å². The van der Waals surface area contributed by atoms with Crippen LogP contribution in [0.3, 0.4) is 0 Å². The highest BCUT2D eigenvalue weighted by atomic mass is 16.1. The maximum absolute atomic E-state index is 10.6. The molecule has 2 N–H and O–H groups in total. The average Bonchev–Trinajstić information content (AvgIpc) is 2.23. The molecule has 0 spiro atoms. The van der Waals surface area contributed by atoms with Gasteiger partial charge in [0.2, 0.25) is 5.91 Å². The molecular weight excluding hydrogens is 174 g/mol. The Morgan fingerprint density at radius 1 is 1.14 bits per heavy atom. The van der Waals surface area contributed by atoms with Crippen LogP contribution in [0.15, 0.2) is 0 Å². The Balaban J connectivity index is 0. The van der Waals surface area contributed by atoms with E-state index in [1.807, 2.05) is 13.8 Å². The molecule has 2 heteroatoms. The number of primary amides is 1. The van der Waals surface area contributed by atoms with Crippen LogP contribution in [0, 0.1) is 5.92 Å². The van der Waals surface area contributed by atoms with Crippen LogP contribution in [0.25, 0.3) is 0 Å². The summed E-state index contributed by atoms with van der Waals surface area (Å²) in [5.74, 6) is 0.0912. The van der Waals surface area contributed by atoms with E-state index in [4.69, 9.17) is 5.73 Å². The molecule has 14 heavy (non-hydrogen) atoms. The van der Waals surface area contributed by atoms with Gasteiger partial charge < -0.3 is 5.73 Å². The van der Waals surface area contributed by atoms with Gasteiger partial charge in [0.15, 0.2) is 0 Å². The molecule has 86 valence electrons. The van der Waals surface area contributed by atoms with Crippen molar-refractivity contribution in [2.75, 3.05) is 0 Å². The minimum Gasteiger partial charge on any atom is -0.369 e. The molecule has 1 saturated carbocycles. The van der Waals surface area contributed by atoms with E-state index in [2.05, 4.69) is 13.8 Å². The van der Waals surface area contributed by atoms with Gasteiger partial charge >= 0.3 is 0 Å². The lowest BCUT2D eigenvalue weighted by Crippen LogP contribution is -2.24. The molecule has 0 bridgehead atoms. The summed E-state index contributed by atoms with van der Waals surface area (Å²) in [4.78, 5) is 10.6. The monoisotopic (exact) mass is 201 g/mol. The molecule has 0 aromatic rings. The molecule has 0 saturated heterocycles. The summed E-state index contributed by atoms with van der Waals surface area (Å²) in [5, 5.41) is 0. The fourth-order valence-corrected chi connectivity index (χ4v) is 1.39. The van der Waals surface area contributed by atoms with Gasteiger partial charge in [0.1, 0.15) is 0 Å². The van der Waals surface area contributed by atoms with Gasteiger partial charge in [-0.2, -0.15) is 0 Å². The second-order valence-electron chi connectivity index (χ2n) is 3.44. The lowest BCUT2D eigenvalue weighted by atomic mass is 9.89. The van der Waals surface area contributed by atoms with E-state index in [0.29, 0.717) is 0 Å². The lowest BCUT2D eigenvalue weighted by molar-refractivity contribution is -0.122. The third kappa shape index (κ3) is 9.56. The summed E-state index contributed by atoms with van der Waals surface area (Å²) >= 11 is 0. The standard InChI is InChI=1S/C7H13NO.C3H8.C2H6/c8-7(9)6-4-2-1-3-5-6;1-3-2;1-2/h6H,1-5H2,(H2,8,9);3H2,1-2H3;1-2H3. The normalized spacial score (nSPS) is 15.7. The van der Waals surface area contributed by atoms with Crippen molar-refractivity contribution in [2.45, 2.75) is 66.2 Å². The Bertz CT molecular complexity index is 117. The highest BCUT2D eigenvalue weighted by Gasteiger charge is 2.17. The van der Waals surface area contributed by atoms with Gasteiger partial charge in [-0.25, -0.2) is 0 Å². The van der Waals surface area contributed by atoms with E-state index in [-0.39, 0.29) is 11.8 Å². The first kappa shape index (κ1) is 15.9. The summed E-state index contributed by atoms with van der Waals surface area (Å²) in [6.45, 7) is 8.25. The van der Waals surface area contributed by atoms with Gasteiger partial charge in [-0.3, -0.25) is 4.79 Å². The van der Waals surface area contributed by atoms with Crippen LogP contribution in [-0.2, 0) is 4.79 Å². The van der Waals surface area contributed by atoms with E-state index in [1.54, 1.807) is 0 Å². The fourth-order valence-electron chi connectivity index (χ4n) is 1.39. The van der Waals surface area contributed by atoms with Gasteiger partial charge in [-0.15, -0.1) is 0 Å². The van der Waals surface area contributed by atoms with E-state index in [0.717, 1.165) is 12.8 Å². The quantitative estimate of drug-likeness (QED) is 0.693. The number of hydrogen-bond donors (Lipinski definition) is 1. The molecule has 0 atom stereocenters. The Morgan fingerprint density at radius 3 is 1.71 bits per heavy atom. The second kappa shape index (κ2) is 12.5. The summed E-state index contributed by atoms with van der Waals surface area (Å²) < 4.78 is 0. The fraction of sp³-hybridized carbons (Fsp3) is 0.917. The van der Waals surface area contributed by atoms with Crippen molar-refractivity contribution < 1.29 is 4.79 Å². The lowest BCUT2D eigenvalue weighted by Gasteiger charge is -2.17. The van der Waals surface area contributed by atoms with Crippen LogP contribution in [0.1, 0.15) is 66.2 Å². The molecule has 1 fully saturated rings. The average molecular weight is 201 g/mol. The molecule has 0 aromatic carbocycles. The number of carbonyl (C=O) groups excluding carboxylic acids is 1. The van der Waals surface area contributed by atoms with Gasteiger partial charge in [0.25, 0.3) is 0 Å². The van der Waals surface area contributed by atoms with Gasteiger partial charge in [0, 0.05) is 5.92 Å². The number of nitrogens with two attached hydrogens (primary N) is 1. The first-order chi connectivity index (χ1) is 6.72. The largest absolute Gasteiger partial charge is 0.369 e. The first-order valence-corrected chi connectivity index (χ1v) is 6.01. The summed E-state index contributed by atoms with van der Waals surface area (Å²) in [7, 11) is 0. The molecule has 0 aliphatic heterocycles. The van der Waals surface area contributed by atoms with Crippen LogP contribution in [0.5, 0.6) is 0 Å². The Hall–Kier alpha value is -0.530. The SMILES string of the molecule is CC.CCC.NC(=O)C1CCCCC1. The summed E-state index contributed by atoms with van der Waals surface area (Å²) in [6, 6.07) is 0. The van der Waals surface area contributed by atoms with Crippen LogP contribution in [0.4, 0.5) is 0 Å². The van der Waals surface area contributed by atoms with Crippen molar-refractivity contribution >= 4 is 5.91 Å². The van der Waals surface area contributed by atoms with Crippen molar-refractivity contribution in [3.05, 3.63) is 0 Å². The van der Waals surface area contributed by atoms with Crippen LogP contribution in [0.2, 0.25) is 0 Å².